The molecule has 146 valence electrons. The smallest absolute Gasteiger partial charge is 0.228 e. The normalized spacial score (nSPS) is 18.5. The molecular weight excluding hydrogens is 374 g/mol. The summed E-state index contributed by atoms with van der Waals surface area (Å²) < 4.78 is 7.70. The fraction of sp³-hybridized carbons (Fsp3) is 0.450. The zero-order valence-corrected chi connectivity index (χ0v) is 16.6. The number of nitrogens with zero attached hydrogens (tertiary/aromatic N) is 4. The van der Waals surface area contributed by atoms with Gasteiger partial charge in [-0.05, 0) is 25.8 Å². The molecule has 1 aliphatic carbocycles. The van der Waals surface area contributed by atoms with Gasteiger partial charge in [0.05, 0.1) is 18.5 Å². The summed E-state index contributed by atoms with van der Waals surface area (Å²) in [6, 6.07) is 8.35. The third kappa shape index (κ3) is 3.20. The highest BCUT2D eigenvalue weighted by Crippen LogP contribution is 2.42. The Morgan fingerprint density at radius 2 is 2.04 bits per heavy atom. The van der Waals surface area contributed by atoms with E-state index in [2.05, 4.69) is 24.6 Å². The van der Waals surface area contributed by atoms with Crippen molar-refractivity contribution >= 4 is 34.4 Å². The van der Waals surface area contributed by atoms with Crippen molar-refractivity contribution in [3.05, 3.63) is 36.0 Å². The van der Waals surface area contributed by atoms with E-state index in [9.17, 15) is 4.79 Å². The molecule has 0 spiro atoms. The number of rotatable bonds is 6. The van der Waals surface area contributed by atoms with Gasteiger partial charge in [-0.1, -0.05) is 30.0 Å². The van der Waals surface area contributed by atoms with Gasteiger partial charge in [0.25, 0.3) is 0 Å². The molecule has 5 rings (SSSR count). The number of aromatic amines is 1. The zero-order chi connectivity index (χ0) is 19.1. The topological polar surface area (TPSA) is 76.0 Å². The molecule has 0 radical (unpaired) electrons. The predicted molar refractivity (Wildman–Crippen MR) is 109 cm³/mol. The molecule has 1 aromatic carbocycles. The number of fused-ring (bicyclic) bond motifs is 1. The number of para-hydroxylation sites is 1. The number of benzene rings is 1. The number of carbonyl (C=O) groups is 1. The van der Waals surface area contributed by atoms with E-state index in [1.54, 1.807) is 0 Å². The molecule has 2 aliphatic rings. The number of ketones is 1. The minimum Gasteiger partial charge on any atom is -0.378 e. The Balaban J connectivity index is 1.39. The van der Waals surface area contributed by atoms with Crippen molar-refractivity contribution in [3.63, 3.8) is 0 Å². The summed E-state index contributed by atoms with van der Waals surface area (Å²) in [5.74, 6) is 1.03. The van der Waals surface area contributed by atoms with Crippen LogP contribution in [0.5, 0.6) is 0 Å². The number of thioether (sulfide) groups is 1. The van der Waals surface area contributed by atoms with Crippen LogP contribution in [0.3, 0.4) is 0 Å². The summed E-state index contributed by atoms with van der Waals surface area (Å²) in [4.78, 5) is 18.5. The molecular formula is C20H23N5O2S. The average molecular weight is 398 g/mol. The van der Waals surface area contributed by atoms with Crippen LogP contribution in [0.1, 0.15) is 36.2 Å². The molecule has 7 nitrogen and oxygen atoms in total. The Kier molecular flexibility index (Phi) is 4.60. The van der Waals surface area contributed by atoms with Crippen molar-refractivity contribution in [2.24, 2.45) is 0 Å². The zero-order valence-electron chi connectivity index (χ0n) is 15.8. The highest BCUT2D eigenvalue weighted by molar-refractivity contribution is 8.00. The molecule has 0 bridgehead atoms. The highest BCUT2D eigenvalue weighted by atomic mass is 32.2. The lowest BCUT2D eigenvalue weighted by Gasteiger charge is -2.28. The van der Waals surface area contributed by atoms with Gasteiger partial charge in [0.15, 0.2) is 10.9 Å². The van der Waals surface area contributed by atoms with Crippen LogP contribution in [0.4, 0.5) is 5.95 Å². The molecule has 0 amide bonds. The van der Waals surface area contributed by atoms with Crippen LogP contribution in [-0.4, -0.2) is 57.1 Å². The number of morpholine rings is 1. The van der Waals surface area contributed by atoms with Crippen LogP contribution >= 0.6 is 11.8 Å². The van der Waals surface area contributed by atoms with E-state index in [0.717, 1.165) is 66.7 Å². The Hall–Kier alpha value is -2.32. The third-order valence-electron chi connectivity index (χ3n) is 5.36. The molecule has 1 aliphatic heterocycles. The lowest BCUT2D eigenvalue weighted by Crippen LogP contribution is -2.38. The number of hydrogen-bond acceptors (Lipinski definition) is 6. The molecule has 3 aromatic rings. The van der Waals surface area contributed by atoms with Crippen molar-refractivity contribution in [1.82, 2.24) is 19.7 Å². The molecule has 2 aromatic heterocycles. The second-order valence-electron chi connectivity index (χ2n) is 7.36. The Labute approximate surface area is 167 Å². The van der Waals surface area contributed by atoms with Crippen LogP contribution in [0.2, 0.25) is 0 Å². The summed E-state index contributed by atoms with van der Waals surface area (Å²) in [5.41, 5.74) is 1.72. The summed E-state index contributed by atoms with van der Waals surface area (Å²) in [5, 5.41) is 10.5. The van der Waals surface area contributed by atoms with Crippen LogP contribution in [-0.2, 0) is 4.74 Å². The molecule has 1 saturated heterocycles. The minimum atomic E-state index is -0.238. The summed E-state index contributed by atoms with van der Waals surface area (Å²) in [6.45, 7) is 5.05. The maximum atomic E-state index is 13.1. The molecule has 2 fully saturated rings. The molecule has 1 N–H and O–H groups in total. The first kappa shape index (κ1) is 17.8. The van der Waals surface area contributed by atoms with Gasteiger partial charge in [-0.2, -0.15) is 0 Å². The van der Waals surface area contributed by atoms with Crippen LogP contribution in [0.15, 0.2) is 35.6 Å². The molecule has 1 unspecified atom stereocenters. The van der Waals surface area contributed by atoms with E-state index in [-0.39, 0.29) is 11.0 Å². The second-order valence-corrected chi connectivity index (χ2v) is 8.66. The van der Waals surface area contributed by atoms with Crippen LogP contribution in [0, 0.1) is 0 Å². The maximum absolute atomic E-state index is 13.1. The van der Waals surface area contributed by atoms with Crippen LogP contribution < -0.4 is 4.90 Å². The number of aromatic nitrogens is 4. The first-order valence-electron chi connectivity index (χ1n) is 9.77. The first-order valence-corrected chi connectivity index (χ1v) is 10.6. The van der Waals surface area contributed by atoms with E-state index in [1.165, 1.54) is 11.8 Å². The number of hydrogen-bond donors (Lipinski definition) is 1. The Bertz CT molecular complexity index is 1000. The monoisotopic (exact) mass is 397 g/mol. The maximum Gasteiger partial charge on any atom is 0.228 e. The van der Waals surface area contributed by atoms with Crippen molar-refractivity contribution in [2.75, 3.05) is 31.2 Å². The largest absolute Gasteiger partial charge is 0.378 e. The van der Waals surface area contributed by atoms with Crippen molar-refractivity contribution in [1.29, 1.82) is 0 Å². The first-order chi connectivity index (χ1) is 13.7. The van der Waals surface area contributed by atoms with E-state index in [0.29, 0.717) is 6.04 Å². The number of nitrogens with one attached hydrogen (secondary N) is 1. The molecule has 1 atom stereocenters. The summed E-state index contributed by atoms with van der Waals surface area (Å²) >= 11 is 1.51. The number of H-pyrrole nitrogens is 1. The Morgan fingerprint density at radius 1 is 1.25 bits per heavy atom. The fourth-order valence-corrected chi connectivity index (χ4v) is 4.67. The Morgan fingerprint density at radius 3 is 2.82 bits per heavy atom. The van der Waals surface area contributed by atoms with Gasteiger partial charge >= 0.3 is 0 Å². The van der Waals surface area contributed by atoms with Gasteiger partial charge in [0.1, 0.15) is 0 Å². The number of ether oxygens (including phenoxy) is 1. The summed E-state index contributed by atoms with van der Waals surface area (Å²) in [7, 11) is 0. The van der Waals surface area contributed by atoms with Gasteiger partial charge in [-0.3, -0.25) is 9.36 Å². The van der Waals surface area contributed by atoms with Crippen molar-refractivity contribution in [2.45, 2.75) is 36.2 Å². The quantitative estimate of drug-likeness (QED) is 0.508. The number of carbonyl (C=O) groups excluding carboxylic acids is 1. The highest BCUT2D eigenvalue weighted by Gasteiger charge is 2.33. The molecule has 1 saturated carbocycles. The predicted octanol–water partition coefficient (Wildman–Crippen LogP) is 3.29. The number of Topliss-reactive ketones (excluding diaryl/α,β-unsaturated/α-hetero) is 1. The van der Waals surface area contributed by atoms with Gasteiger partial charge in [0, 0.05) is 41.8 Å². The lowest BCUT2D eigenvalue weighted by atomic mass is 10.1. The van der Waals surface area contributed by atoms with Gasteiger partial charge < -0.3 is 14.6 Å². The van der Waals surface area contributed by atoms with E-state index in [1.807, 2.05) is 37.4 Å². The van der Waals surface area contributed by atoms with E-state index >= 15 is 0 Å². The number of anilines is 1. The fourth-order valence-electron chi connectivity index (χ4n) is 3.69. The third-order valence-corrected chi connectivity index (χ3v) is 6.42. The minimum absolute atomic E-state index is 0.112. The van der Waals surface area contributed by atoms with Gasteiger partial charge in [-0.15, -0.1) is 10.2 Å². The molecule has 8 heteroatoms. The second kappa shape index (κ2) is 7.25. The standard InChI is InChI=1S/C20H23N5O2S/c1-13(18(26)16-12-21-17-5-3-2-4-15(16)17)28-20-23-22-19(25(20)14-6-7-14)24-8-10-27-11-9-24/h2-5,12-14,21H,6-11H2,1H3. The van der Waals surface area contributed by atoms with Crippen molar-refractivity contribution < 1.29 is 9.53 Å². The van der Waals surface area contributed by atoms with Gasteiger partial charge in [-0.25, -0.2) is 0 Å². The SMILES string of the molecule is CC(Sc1nnc(N2CCOCC2)n1C1CC1)C(=O)c1c[nH]c2ccccc12. The summed E-state index contributed by atoms with van der Waals surface area (Å²) in [6.07, 6.45) is 4.11. The lowest BCUT2D eigenvalue weighted by molar-refractivity contribution is 0.0995. The molecule has 3 heterocycles. The van der Waals surface area contributed by atoms with Gasteiger partial charge in [0.2, 0.25) is 5.95 Å². The average Bonchev–Trinajstić information content (AvgIpc) is 3.34. The van der Waals surface area contributed by atoms with Crippen molar-refractivity contribution in [3.8, 4) is 0 Å². The van der Waals surface area contributed by atoms with Crippen LogP contribution in [0.25, 0.3) is 10.9 Å². The van der Waals surface area contributed by atoms with E-state index in [4.69, 9.17) is 4.74 Å². The van der Waals surface area contributed by atoms with E-state index < -0.39 is 0 Å². The molecule has 28 heavy (non-hydrogen) atoms.